The minimum Gasteiger partial charge on any atom is -0.493 e. The van der Waals surface area contributed by atoms with E-state index in [1.807, 2.05) is 25.1 Å². The van der Waals surface area contributed by atoms with E-state index in [1.165, 1.54) is 19.2 Å². The number of nitro benzene ring substituents is 1. The lowest BCUT2D eigenvalue weighted by Crippen LogP contribution is -2.32. The predicted molar refractivity (Wildman–Crippen MR) is 121 cm³/mol. The average Bonchev–Trinajstić information content (AvgIpc) is 2.75. The third-order valence-corrected chi connectivity index (χ3v) is 5.37. The molecule has 0 aliphatic carbocycles. The molecule has 0 spiro atoms. The number of allylic oxidation sites excluding steroid dienone is 1. The first-order chi connectivity index (χ1) is 15.2. The van der Waals surface area contributed by atoms with Crippen LogP contribution in [0.1, 0.15) is 12.5 Å². The Labute approximate surface area is 186 Å². The number of methoxy groups -OCH3 is 1. The quantitative estimate of drug-likeness (QED) is 0.295. The number of anilines is 1. The van der Waals surface area contributed by atoms with E-state index >= 15 is 0 Å². The molecule has 11 heteroatoms. The van der Waals surface area contributed by atoms with Crippen LogP contribution >= 0.6 is 0 Å². The molecule has 0 fully saturated rings. The van der Waals surface area contributed by atoms with E-state index in [1.54, 1.807) is 12.1 Å². The number of rotatable bonds is 11. The minimum atomic E-state index is -3.57. The van der Waals surface area contributed by atoms with Crippen LogP contribution in [0.4, 0.5) is 11.4 Å². The Morgan fingerprint density at radius 3 is 2.53 bits per heavy atom. The Morgan fingerprint density at radius 1 is 1.16 bits per heavy atom. The maximum absolute atomic E-state index is 12.0. The molecule has 1 amide bonds. The Bertz CT molecular complexity index is 1110. The van der Waals surface area contributed by atoms with Crippen LogP contribution < -0.4 is 20.1 Å². The highest BCUT2D eigenvalue weighted by Gasteiger charge is 2.18. The fourth-order valence-corrected chi connectivity index (χ4v) is 3.38. The molecule has 2 N–H and O–H groups in total. The second-order valence-electron chi connectivity index (χ2n) is 6.68. The molecule has 2 aromatic rings. The van der Waals surface area contributed by atoms with Gasteiger partial charge in [-0.1, -0.05) is 18.2 Å². The number of hydrogen-bond donors (Lipinski definition) is 2. The molecule has 0 atom stereocenters. The summed E-state index contributed by atoms with van der Waals surface area (Å²) >= 11 is 0. The minimum absolute atomic E-state index is 0.144. The molecule has 0 aromatic heterocycles. The second kappa shape index (κ2) is 11.1. The lowest BCUT2D eigenvalue weighted by atomic mass is 10.2. The van der Waals surface area contributed by atoms with Crippen LogP contribution in [-0.4, -0.2) is 52.3 Å². The summed E-state index contributed by atoms with van der Waals surface area (Å²) in [6.45, 7) is 2.03. The first kappa shape index (κ1) is 24.7. The summed E-state index contributed by atoms with van der Waals surface area (Å²) in [4.78, 5) is 22.5. The van der Waals surface area contributed by atoms with Gasteiger partial charge in [-0.15, -0.1) is 0 Å². The van der Waals surface area contributed by atoms with Crippen LogP contribution in [0.3, 0.4) is 0 Å². The third kappa shape index (κ3) is 6.98. The maximum Gasteiger partial charge on any atom is 0.293 e. The van der Waals surface area contributed by atoms with Gasteiger partial charge in [0.25, 0.3) is 11.6 Å². The number of nitrogens with one attached hydrogen (secondary N) is 2. The van der Waals surface area contributed by atoms with Gasteiger partial charge in [-0.05, 0) is 36.8 Å². The van der Waals surface area contributed by atoms with Crippen LogP contribution in [0.2, 0.25) is 0 Å². The fraction of sp³-hybridized carbons (Fsp3) is 0.286. The fourth-order valence-electron chi connectivity index (χ4n) is 2.74. The number of ether oxygens (including phenoxy) is 2. The zero-order chi connectivity index (χ0) is 23.7. The summed E-state index contributed by atoms with van der Waals surface area (Å²) in [6, 6.07) is 8.94. The topological polar surface area (TPSA) is 137 Å². The smallest absolute Gasteiger partial charge is 0.293 e. The second-order valence-corrected chi connectivity index (χ2v) is 8.70. The van der Waals surface area contributed by atoms with Crippen molar-refractivity contribution in [2.24, 2.45) is 0 Å². The van der Waals surface area contributed by atoms with Crippen molar-refractivity contribution < 1.29 is 27.6 Å². The molecule has 0 heterocycles. The summed E-state index contributed by atoms with van der Waals surface area (Å²) in [5, 5.41) is 16.7. The summed E-state index contributed by atoms with van der Waals surface area (Å²) in [5.74, 6) is 0.545. The van der Waals surface area contributed by atoms with Crippen molar-refractivity contribution in [2.45, 2.75) is 11.8 Å². The van der Waals surface area contributed by atoms with E-state index in [4.69, 9.17) is 9.47 Å². The number of nitro groups is 1. The van der Waals surface area contributed by atoms with Crippen LogP contribution in [0, 0.1) is 10.1 Å². The lowest BCUT2D eigenvalue weighted by molar-refractivity contribution is -0.384. The van der Waals surface area contributed by atoms with Gasteiger partial charge in [0.15, 0.2) is 27.9 Å². The van der Waals surface area contributed by atoms with Crippen molar-refractivity contribution in [3.05, 3.63) is 58.2 Å². The molecular weight excluding hydrogens is 438 g/mol. The van der Waals surface area contributed by atoms with E-state index in [2.05, 4.69) is 10.6 Å². The molecule has 0 saturated carbocycles. The first-order valence-corrected chi connectivity index (χ1v) is 11.5. The molecule has 0 aliphatic rings. The molecular formula is C21H25N3O7S. The number of amides is 1. The average molecular weight is 464 g/mol. The lowest BCUT2D eigenvalue weighted by Gasteiger charge is -2.12. The molecule has 0 aliphatic heterocycles. The Balaban J connectivity index is 1.87. The predicted octanol–water partition coefficient (Wildman–Crippen LogP) is 2.65. The monoisotopic (exact) mass is 463 g/mol. The Kier molecular flexibility index (Phi) is 8.59. The van der Waals surface area contributed by atoms with Crippen molar-refractivity contribution in [3.8, 4) is 11.5 Å². The highest BCUT2D eigenvalue weighted by atomic mass is 32.2. The number of sulfone groups is 1. The van der Waals surface area contributed by atoms with E-state index < -0.39 is 14.8 Å². The van der Waals surface area contributed by atoms with Crippen LogP contribution in [0.5, 0.6) is 11.5 Å². The van der Waals surface area contributed by atoms with Gasteiger partial charge in [-0.3, -0.25) is 14.9 Å². The van der Waals surface area contributed by atoms with Crippen molar-refractivity contribution in [1.29, 1.82) is 0 Å². The summed E-state index contributed by atoms with van der Waals surface area (Å²) in [6.07, 6.45) is 4.78. The Morgan fingerprint density at radius 2 is 1.91 bits per heavy atom. The zero-order valence-electron chi connectivity index (χ0n) is 18.0. The number of benzene rings is 2. The maximum atomic E-state index is 12.0. The molecule has 172 valence electrons. The van der Waals surface area contributed by atoms with Gasteiger partial charge in [-0.2, -0.15) is 0 Å². The third-order valence-electron chi connectivity index (χ3n) is 4.26. The van der Waals surface area contributed by atoms with Gasteiger partial charge >= 0.3 is 0 Å². The van der Waals surface area contributed by atoms with Crippen LogP contribution in [0.25, 0.3) is 6.08 Å². The molecule has 0 unspecified atom stereocenters. The van der Waals surface area contributed by atoms with E-state index in [0.29, 0.717) is 11.5 Å². The molecule has 0 bridgehead atoms. The summed E-state index contributed by atoms with van der Waals surface area (Å²) < 4.78 is 34.0. The van der Waals surface area contributed by atoms with Gasteiger partial charge in [-0.25, -0.2) is 8.42 Å². The summed E-state index contributed by atoms with van der Waals surface area (Å²) in [7, 11) is -2.06. The number of carbonyl (C=O) groups is 1. The molecule has 0 radical (unpaired) electrons. The van der Waals surface area contributed by atoms with Crippen molar-refractivity contribution >= 4 is 33.2 Å². The standard InChI is InChI=1S/C21H25N3O7S/c1-4-5-15-6-9-19(20(12-15)30-2)31-14-21(25)23-11-10-22-17-8-7-16(32(3,28)29)13-18(17)24(26)27/h4-9,12-13,22H,10-11,14H2,1-3H3,(H,23,25)/b5-4+. The normalized spacial score (nSPS) is 11.2. The molecule has 32 heavy (non-hydrogen) atoms. The van der Waals surface area contributed by atoms with E-state index in [9.17, 15) is 23.3 Å². The molecule has 10 nitrogen and oxygen atoms in total. The zero-order valence-corrected chi connectivity index (χ0v) is 18.8. The SMILES string of the molecule is C/C=C/c1ccc(OCC(=O)NCCNc2ccc(S(C)(=O)=O)cc2[N+](=O)[O-])c(OC)c1. The largest absolute Gasteiger partial charge is 0.493 e. The molecule has 0 saturated heterocycles. The van der Waals surface area contributed by atoms with Gasteiger partial charge in [0.1, 0.15) is 5.69 Å². The number of nitrogens with zero attached hydrogens (tertiary/aromatic N) is 1. The molecule has 2 rings (SSSR count). The Hall–Kier alpha value is -3.60. The number of hydrogen-bond acceptors (Lipinski definition) is 8. The van der Waals surface area contributed by atoms with Gasteiger partial charge in [0.2, 0.25) is 0 Å². The molecule has 2 aromatic carbocycles. The van der Waals surface area contributed by atoms with E-state index in [0.717, 1.165) is 17.9 Å². The van der Waals surface area contributed by atoms with E-state index in [-0.39, 0.29) is 41.9 Å². The van der Waals surface area contributed by atoms with Crippen LogP contribution in [-0.2, 0) is 14.6 Å². The van der Waals surface area contributed by atoms with Crippen molar-refractivity contribution in [1.82, 2.24) is 5.32 Å². The number of carbonyl (C=O) groups excluding carboxylic acids is 1. The van der Waals surface area contributed by atoms with Crippen molar-refractivity contribution in [2.75, 3.05) is 38.4 Å². The van der Waals surface area contributed by atoms with Gasteiger partial charge in [0, 0.05) is 25.4 Å². The highest BCUT2D eigenvalue weighted by Crippen LogP contribution is 2.29. The highest BCUT2D eigenvalue weighted by molar-refractivity contribution is 7.90. The van der Waals surface area contributed by atoms with Gasteiger partial charge < -0.3 is 20.1 Å². The summed E-state index contributed by atoms with van der Waals surface area (Å²) in [5.41, 5.74) is 0.723. The first-order valence-electron chi connectivity index (χ1n) is 9.58. The van der Waals surface area contributed by atoms with Crippen LogP contribution in [0.15, 0.2) is 47.4 Å². The van der Waals surface area contributed by atoms with Crippen molar-refractivity contribution in [3.63, 3.8) is 0 Å². The van der Waals surface area contributed by atoms with Gasteiger partial charge in [0.05, 0.1) is 16.9 Å².